The fourth-order valence-electron chi connectivity index (χ4n) is 1.91. The number of methoxy groups -OCH3 is 1. The summed E-state index contributed by atoms with van der Waals surface area (Å²) >= 11 is 0. The Balaban J connectivity index is 2.26. The zero-order chi connectivity index (χ0) is 14.7. The minimum atomic E-state index is -0.588. The molecular weight excluding hydrogens is 261 g/mol. The molecule has 1 aromatic carbocycles. The molecule has 1 heterocycles. The monoisotopic (exact) mass is 277 g/mol. The van der Waals surface area contributed by atoms with Gasteiger partial charge in [-0.3, -0.25) is 0 Å². The number of carbonyl (C=O) groups excluding carboxylic acids is 1. The number of halogens is 1. The van der Waals surface area contributed by atoms with Gasteiger partial charge in [0.25, 0.3) is 0 Å². The maximum absolute atomic E-state index is 13.3. The van der Waals surface area contributed by atoms with Crippen LogP contribution in [0.1, 0.15) is 34.8 Å². The lowest BCUT2D eigenvalue weighted by Crippen LogP contribution is -2.11. The summed E-state index contributed by atoms with van der Waals surface area (Å²) < 4.78 is 23.4. The summed E-state index contributed by atoms with van der Waals surface area (Å²) in [6, 6.07) is 7.50. The van der Waals surface area contributed by atoms with Crippen molar-refractivity contribution in [2.24, 2.45) is 0 Å². The van der Waals surface area contributed by atoms with Crippen LogP contribution in [-0.4, -0.2) is 13.1 Å². The Bertz CT molecular complexity index is 621. The molecule has 0 spiro atoms. The number of esters is 1. The van der Waals surface area contributed by atoms with Crippen LogP contribution in [0.15, 0.2) is 34.7 Å². The maximum Gasteiger partial charge on any atom is 0.340 e. The number of furan rings is 1. The molecule has 5 heteroatoms. The zero-order valence-corrected chi connectivity index (χ0v) is 11.6. The summed E-state index contributed by atoms with van der Waals surface area (Å²) in [6.07, 6.45) is 0. The molecule has 20 heavy (non-hydrogen) atoms. The van der Waals surface area contributed by atoms with Crippen molar-refractivity contribution in [3.8, 4) is 0 Å². The lowest BCUT2D eigenvalue weighted by atomic mass is 10.1. The Kier molecular flexibility index (Phi) is 4.08. The second kappa shape index (κ2) is 5.77. The summed E-state index contributed by atoms with van der Waals surface area (Å²) in [5.74, 6) is 0.468. The Morgan fingerprint density at radius 1 is 1.35 bits per heavy atom. The number of carbonyl (C=O) groups is 1. The highest BCUT2D eigenvalue weighted by atomic mass is 19.1. The SMILES string of the molecule is COC(=O)c1cc(F)ccc1NC(C)c1ccc(C)o1. The Hall–Kier alpha value is -2.30. The van der Waals surface area contributed by atoms with E-state index >= 15 is 0 Å². The highest BCUT2D eigenvalue weighted by molar-refractivity contribution is 5.95. The van der Waals surface area contributed by atoms with Gasteiger partial charge in [-0.2, -0.15) is 0 Å². The van der Waals surface area contributed by atoms with E-state index < -0.39 is 11.8 Å². The number of rotatable bonds is 4. The molecule has 1 atom stereocenters. The molecule has 0 aliphatic rings. The minimum Gasteiger partial charge on any atom is -0.465 e. The highest BCUT2D eigenvalue weighted by Crippen LogP contribution is 2.25. The van der Waals surface area contributed by atoms with Crippen LogP contribution in [0.5, 0.6) is 0 Å². The third-order valence-electron chi connectivity index (χ3n) is 2.95. The van der Waals surface area contributed by atoms with Crippen molar-refractivity contribution in [2.45, 2.75) is 19.9 Å². The van der Waals surface area contributed by atoms with Crippen LogP contribution in [0.4, 0.5) is 10.1 Å². The molecule has 0 bridgehead atoms. The van der Waals surface area contributed by atoms with Crippen LogP contribution in [0.25, 0.3) is 0 Å². The van der Waals surface area contributed by atoms with Gasteiger partial charge < -0.3 is 14.5 Å². The van der Waals surface area contributed by atoms with E-state index in [0.29, 0.717) is 5.69 Å². The molecule has 0 aliphatic carbocycles. The summed E-state index contributed by atoms with van der Waals surface area (Å²) in [4.78, 5) is 11.7. The third-order valence-corrected chi connectivity index (χ3v) is 2.95. The number of hydrogen-bond acceptors (Lipinski definition) is 4. The van der Waals surface area contributed by atoms with Gasteiger partial charge in [0, 0.05) is 5.69 Å². The van der Waals surface area contributed by atoms with Gasteiger partial charge in [-0.1, -0.05) is 0 Å². The van der Waals surface area contributed by atoms with Crippen molar-refractivity contribution in [1.29, 1.82) is 0 Å². The Labute approximate surface area is 116 Å². The van der Waals surface area contributed by atoms with E-state index in [1.807, 2.05) is 26.0 Å². The topological polar surface area (TPSA) is 51.5 Å². The van der Waals surface area contributed by atoms with Crippen LogP contribution in [-0.2, 0) is 4.74 Å². The van der Waals surface area contributed by atoms with Gasteiger partial charge in [0.1, 0.15) is 17.3 Å². The molecule has 0 amide bonds. The summed E-state index contributed by atoms with van der Waals surface area (Å²) in [5.41, 5.74) is 0.655. The fraction of sp³-hybridized carbons (Fsp3) is 0.267. The van der Waals surface area contributed by atoms with Crippen molar-refractivity contribution >= 4 is 11.7 Å². The molecule has 2 aromatic rings. The average Bonchev–Trinajstić information content (AvgIpc) is 2.86. The zero-order valence-electron chi connectivity index (χ0n) is 11.6. The number of aryl methyl sites for hydroxylation is 1. The number of benzene rings is 1. The molecule has 0 saturated carbocycles. The van der Waals surface area contributed by atoms with Gasteiger partial charge in [-0.05, 0) is 44.2 Å². The van der Waals surface area contributed by atoms with Crippen molar-refractivity contribution in [3.63, 3.8) is 0 Å². The van der Waals surface area contributed by atoms with E-state index in [1.54, 1.807) is 0 Å². The second-order valence-electron chi connectivity index (χ2n) is 4.50. The molecular formula is C15H16FNO3. The quantitative estimate of drug-likeness (QED) is 0.866. The Morgan fingerprint density at radius 3 is 2.70 bits per heavy atom. The highest BCUT2D eigenvalue weighted by Gasteiger charge is 2.16. The molecule has 2 rings (SSSR count). The summed E-state index contributed by atoms with van der Waals surface area (Å²) in [7, 11) is 1.26. The number of nitrogens with one attached hydrogen (secondary N) is 1. The van der Waals surface area contributed by atoms with Crippen molar-refractivity contribution in [3.05, 3.63) is 53.2 Å². The standard InChI is InChI=1S/C15H16FNO3/c1-9-4-7-14(20-9)10(2)17-13-6-5-11(16)8-12(13)15(18)19-3/h4-8,10,17H,1-3H3. The first kappa shape index (κ1) is 14.1. The molecule has 0 radical (unpaired) electrons. The smallest absolute Gasteiger partial charge is 0.340 e. The molecule has 1 N–H and O–H groups in total. The first-order valence-electron chi connectivity index (χ1n) is 6.22. The van der Waals surface area contributed by atoms with E-state index in [1.165, 1.54) is 19.2 Å². The lowest BCUT2D eigenvalue weighted by Gasteiger charge is -2.15. The van der Waals surface area contributed by atoms with E-state index in [2.05, 4.69) is 10.1 Å². The van der Waals surface area contributed by atoms with Crippen molar-refractivity contribution < 1.29 is 18.3 Å². The van der Waals surface area contributed by atoms with Crippen molar-refractivity contribution in [2.75, 3.05) is 12.4 Å². The van der Waals surface area contributed by atoms with Gasteiger partial charge in [0.05, 0.1) is 18.7 Å². The van der Waals surface area contributed by atoms with Crippen LogP contribution >= 0.6 is 0 Å². The normalized spacial score (nSPS) is 12.0. The van der Waals surface area contributed by atoms with E-state index in [4.69, 9.17) is 4.42 Å². The second-order valence-corrected chi connectivity index (χ2v) is 4.50. The molecule has 1 aromatic heterocycles. The first-order valence-corrected chi connectivity index (χ1v) is 6.22. The summed E-state index contributed by atoms with van der Waals surface area (Å²) in [6.45, 7) is 3.75. The average molecular weight is 277 g/mol. The summed E-state index contributed by atoms with van der Waals surface area (Å²) in [5, 5.41) is 3.12. The third kappa shape index (κ3) is 2.99. The van der Waals surface area contributed by atoms with Gasteiger partial charge >= 0.3 is 5.97 Å². The first-order chi connectivity index (χ1) is 9.51. The van der Waals surface area contributed by atoms with Crippen LogP contribution in [0.2, 0.25) is 0 Å². The van der Waals surface area contributed by atoms with Gasteiger partial charge in [-0.15, -0.1) is 0 Å². The maximum atomic E-state index is 13.3. The predicted octanol–water partition coefficient (Wildman–Crippen LogP) is 3.69. The van der Waals surface area contributed by atoms with Gasteiger partial charge in [-0.25, -0.2) is 9.18 Å². The molecule has 0 fully saturated rings. The molecule has 4 nitrogen and oxygen atoms in total. The van der Waals surface area contributed by atoms with Crippen LogP contribution in [0, 0.1) is 12.7 Å². The molecule has 0 aliphatic heterocycles. The fourth-order valence-corrected chi connectivity index (χ4v) is 1.91. The van der Waals surface area contributed by atoms with E-state index in [9.17, 15) is 9.18 Å². The number of ether oxygens (including phenoxy) is 1. The predicted molar refractivity (Wildman–Crippen MR) is 73.2 cm³/mol. The van der Waals surface area contributed by atoms with Gasteiger partial charge in [0.2, 0.25) is 0 Å². The molecule has 1 unspecified atom stereocenters. The number of anilines is 1. The molecule has 106 valence electrons. The van der Waals surface area contributed by atoms with Gasteiger partial charge in [0.15, 0.2) is 0 Å². The molecule has 0 saturated heterocycles. The van der Waals surface area contributed by atoms with Crippen LogP contribution < -0.4 is 5.32 Å². The minimum absolute atomic E-state index is 0.155. The van der Waals surface area contributed by atoms with E-state index in [-0.39, 0.29) is 11.6 Å². The largest absolute Gasteiger partial charge is 0.465 e. The number of hydrogen-bond donors (Lipinski definition) is 1. The van der Waals surface area contributed by atoms with Crippen LogP contribution in [0.3, 0.4) is 0 Å². The van der Waals surface area contributed by atoms with E-state index in [0.717, 1.165) is 17.6 Å². The lowest BCUT2D eigenvalue weighted by molar-refractivity contribution is 0.0601. The Morgan fingerprint density at radius 2 is 2.10 bits per heavy atom. The van der Waals surface area contributed by atoms with Crippen molar-refractivity contribution in [1.82, 2.24) is 0 Å².